The first-order valence-corrected chi connectivity index (χ1v) is 7.54. The fraction of sp³-hybridized carbons (Fsp3) is 0.389. The Morgan fingerprint density at radius 3 is 2.76 bits per heavy atom. The van der Waals surface area contributed by atoms with Crippen molar-refractivity contribution in [1.29, 1.82) is 0 Å². The number of allylic oxidation sites excluding steroid dienone is 3. The molecule has 1 heterocycles. The summed E-state index contributed by atoms with van der Waals surface area (Å²) in [6.07, 6.45) is 9.13. The molecule has 0 spiro atoms. The maximum atomic E-state index is 14.0. The highest BCUT2D eigenvalue weighted by Gasteiger charge is 2.24. The highest BCUT2D eigenvalue weighted by atomic mass is 19.1. The van der Waals surface area contributed by atoms with Gasteiger partial charge in [-0.15, -0.1) is 0 Å². The Labute approximate surface area is 124 Å². The number of nitrogens with one attached hydrogen (secondary N) is 1. The summed E-state index contributed by atoms with van der Waals surface area (Å²) in [5.41, 5.74) is 1.52. The average Bonchev–Trinajstić information content (AvgIpc) is 2.48. The monoisotopic (exact) mass is 284 g/mol. The van der Waals surface area contributed by atoms with Crippen LogP contribution in [0.25, 0.3) is 12.2 Å². The minimum atomic E-state index is -0.191. The minimum Gasteiger partial charge on any atom is -0.386 e. The van der Waals surface area contributed by atoms with E-state index in [1.54, 1.807) is 13.1 Å². The van der Waals surface area contributed by atoms with Crippen LogP contribution in [0.1, 0.15) is 31.9 Å². The van der Waals surface area contributed by atoms with Gasteiger partial charge < -0.3 is 5.32 Å². The number of likely N-dealkylation sites (N-methyl/N-ethyl adjacent to an activating group) is 1. The Kier molecular flexibility index (Phi) is 3.66. The summed E-state index contributed by atoms with van der Waals surface area (Å²) in [5, 5.41) is 5.13. The number of aromatic nitrogens is 1. The lowest BCUT2D eigenvalue weighted by molar-refractivity contribution is 0.545. The van der Waals surface area contributed by atoms with Crippen molar-refractivity contribution in [2.24, 2.45) is 11.8 Å². The molecule has 3 heteroatoms. The number of halogens is 1. The van der Waals surface area contributed by atoms with Gasteiger partial charge in [-0.25, -0.2) is 4.39 Å². The molecule has 0 radical (unpaired) electrons. The van der Waals surface area contributed by atoms with Crippen molar-refractivity contribution in [3.05, 3.63) is 52.1 Å². The molecule has 0 saturated heterocycles. The SMILES string of the molecule is CNC1=CC(C)C(c2ccc3c(n2)=CC(C)CC=3)C=C1F. The predicted octanol–water partition coefficient (Wildman–Crippen LogP) is 2.37. The minimum absolute atomic E-state index is 0.00182. The van der Waals surface area contributed by atoms with Gasteiger partial charge in [-0.3, -0.25) is 4.98 Å². The van der Waals surface area contributed by atoms with E-state index in [0.717, 1.165) is 17.5 Å². The molecule has 0 aliphatic heterocycles. The quantitative estimate of drug-likeness (QED) is 0.902. The normalized spacial score (nSPS) is 27.7. The molecule has 0 bridgehead atoms. The molecular formula is C18H21FN2. The molecule has 0 aromatic carbocycles. The summed E-state index contributed by atoms with van der Waals surface area (Å²) in [6, 6.07) is 4.14. The van der Waals surface area contributed by atoms with Gasteiger partial charge in [0.2, 0.25) is 0 Å². The molecule has 2 nitrogen and oxygen atoms in total. The van der Waals surface area contributed by atoms with E-state index < -0.39 is 0 Å². The first kappa shape index (κ1) is 14.1. The summed E-state index contributed by atoms with van der Waals surface area (Å²) in [6.45, 7) is 4.29. The molecule has 1 aromatic rings. The van der Waals surface area contributed by atoms with E-state index in [2.05, 4.69) is 37.4 Å². The summed E-state index contributed by atoms with van der Waals surface area (Å²) in [4.78, 5) is 4.78. The molecular weight excluding hydrogens is 263 g/mol. The zero-order valence-electron chi connectivity index (χ0n) is 12.7. The molecule has 2 aliphatic carbocycles. The topological polar surface area (TPSA) is 24.9 Å². The lowest BCUT2D eigenvalue weighted by Gasteiger charge is -2.24. The van der Waals surface area contributed by atoms with Gasteiger partial charge in [0.1, 0.15) is 5.83 Å². The van der Waals surface area contributed by atoms with Gasteiger partial charge in [0.05, 0.1) is 11.0 Å². The van der Waals surface area contributed by atoms with Crippen LogP contribution in [0, 0.1) is 11.8 Å². The first-order chi connectivity index (χ1) is 10.1. The Bertz CT molecular complexity index is 730. The lowest BCUT2D eigenvalue weighted by atomic mass is 9.85. The van der Waals surface area contributed by atoms with Crippen LogP contribution in [-0.4, -0.2) is 12.0 Å². The van der Waals surface area contributed by atoms with Crippen LogP contribution >= 0.6 is 0 Å². The van der Waals surface area contributed by atoms with E-state index in [0.29, 0.717) is 11.6 Å². The molecule has 1 N–H and O–H groups in total. The Morgan fingerprint density at radius 2 is 2.00 bits per heavy atom. The van der Waals surface area contributed by atoms with Gasteiger partial charge in [0.25, 0.3) is 0 Å². The molecule has 110 valence electrons. The number of nitrogens with zero attached hydrogens (tertiary/aromatic N) is 1. The largest absolute Gasteiger partial charge is 0.386 e. The molecule has 3 unspecified atom stereocenters. The van der Waals surface area contributed by atoms with Crippen LogP contribution in [0.3, 0.4) is 0 Å². The molecule has 0 fully saturated rings. The van der Waals surface area contributed by atoms with E-state index in [1.165, 1.54) is 5.22 Å². The summed E-state index contributed by atoms with van der Waals surface area (Å²) >= 11 is 0. The van der Waals surface area contributed by atoms with Crippen molar-refractivity contribution in [3.63, 3.8) is 0 Å². The molecule has 3 rings (SSSR count). The van der Waals surface area contributed by atoms with Gasteiger partial charge in [-0.05, 0) is 35.6 Å². The second kappa shape index (κ2) is 5.47. The maximum Gasteiger partial charge on any atom is 0.142 e. The van der Waals surface area contributed by atoms with Crippen molar-refractivity contribution in [2.75, 3.05) is 7.05 Å². The summed E-state index contributed by atoms with van der Waals surface area (Å²) < 4.78 is 14.0. The Hall–Kier alpha value is -1.90. The number of pyridine rings is 1. The average molecular weight is 284 g/mol. The molecule has 0 saturated carbocycles. The summed E-state index contributed by atoms with van der Waals surface area (Å²) in [7, 11) is 1.75. The van der Waals surface area contributed by atoms with E-state index >= 15 is 0 Å². The van der Waals surface area contributed by atoms with Gasteiger partial charge in [0, 0.05) is 18.7 Å². The van der Waals surface area contributed by atoms with Crippen molar-refractivity contribution in [1.82, 2.24) is 10.3 Å². The molecule has 21 heavy (non-hydrogen) atoms. The van der Waals surface area contributed by atoms with Crippen LogP contribution < -0.4 is 15.9 Å². The van der Waals surface area contributed by atoms with E-state index in [4.69, 9.17) is 4.98 Å². The van der Waals surface area contributed by atoms with Crippen LogP contribution in [0.15, 0.2) is 35.8 Å². The van der Waals surface area contributed by atoms with E-state index in [9.17, 15) is 4.39 Å². The zero-order valence-corrected chi connectivity index (χ0v) is 12.7. The van der Waals surface area contributed by atoms with Crippen molar-refractivity contribution in [3.8, 4) is 0 Å². The van der Waals surface area contributed by atoms with Gasteiger partial charge in [-0.2, -0.15) is 0 Å². The Balaban J connectivity index is 2.02. The fourth-order valence-corrected chi connectivity index (χ4v) is 3.05. The van der Waals surface area contributed by atoms with Gasteiger partial charge in [-0.1, -0.05) is 38.1 Å². The van der Waals surface area contributed by atoms with Crippen LogP contribution in [0.5, 0.6) is 0 Å². The molecule has 0 amide bonds. The lowest BCUT2D eigenvalue weighted by Crippen LogP contribution is -2.33. The number of hydrogen-bond acceptors (Lipinski definition) is 2. The highest BCUT2D eigenvalue weighted by molar-refractivity contribution is 5.40. The zero-order chi connectivity index (χ0) is 15.0. The van der Waals surface area contributed by atoms with Gasteiger partial charge in [0.15, 0.2) is 0 Å². The second-order valence-corrected chi connectivity index (χ2v) is 6.02. The maximum absolute atomic E-state index is 14.0. The number of hydrogen-bond donors (Lipinski definition) is 1. The first-order valence-electron chi connectivity index (χ1n) is 7.54. The second-order valence-electron chi connectivity index (χ2n) is 6.02. The molecule has 1 aromatic heterocycles. The smallest absolute Gasteiger partial charge is 0.142 e. The van der Waals surface area contributed by atoms with E-state index in [1.807, 2.05) is 12.1 Å². The third-order valence-electron chi connectivity index (χ3n) is 4.32. The predicted molar refractivity (Wildman–Crippen MR) is 84.4 cm³/mol. The Morgan fingerprint density at radius 1 is 1.19 bits per heavy atom. The van der Waals surface area contributed by atoms with Crippen molar-refractivity contribution >= 4 is 12.2 Å². The molecule has 2 aliphatic rings. The van der Waals surface area contributed by atoms with Crippen molar-refractivity contribution in [2.45, 2.75) is 26.2 Å². The standard InChI is InChI=1S/C18H21FN2/c1-11-4-5-13-6-7-16(21-17(13)8-11)14-10-15(19)18(20-3)9-12(14)2/h5-12,14,20H,4H2,1-3H3. The molecule has 3 atom stereocenters. The number of fused-ring (bicyclic) bond motifs is 1. The highest BCUT2D eigenvalue weighted by Crippen LogP contribution is 2.33. The van der Waals surface area contributed by atoms with Crippen LogP contribution in [-0.2, 0) is 0 Å². The van der Waals surface area contributed by atoms with Gasteiger partial charge >= 0.3 is 0 Å². The van der Waals surface area contributed by atoms with Crippen LogP contribution in [0.2, 0.25) is 0 Å². The van der Waals surface area contributed by atoms with Crippen molar-refractivity contribution < 1.29 is 4.39 Å². The number of rotatable bonds is 2. The third kappa shape index (κ3) is 2.65. The van der Waals surface area contributed by atoms with E-state index in [-0.39, 0.29) is 17.7 Å². The summed E-state index contributed by atoms with van der Waals surface area (Å²) in [5.74, 6) is 0.552. The third-order valence-corrected chi connectivity index (χ3v) is 4.32. The van der Waals surface area contributed by atoms with Crippen LogP contribution in [0.4, 0.5) is 4.39 Å². The fourth-order valence-electron chi connectivity index (χ4n) is 3.05.